The van der Waals surface area contributed by atoms with Gasteiger partial charge in [0, 0.05) is 31.2 Å². The number of likely N-dealkylation sites (tertiary alicyclic amines) is 1. The minimum absolute atomic E-state index is 0.0727. The Morgan fingerprint density at radius 2 is 1.74 bits per heavy atom. The van der Waals surface area contributed by atoms with Gasteiger partial charge in [0.15, 0.2) is 0 Å². The summed E-state index contributed by atoms with van der Waals surface area (Å²) in [6.45, 7) is 1.48. The Bertz CT molecular complexity index is 485. The highest BCUT2D eigenvalue weighted by Gasteiger charge is 2.37. The van der Waals surface area contributed by atoms with E-state index < -0.39 is 24.1 Å². The number of carboxylic acid groups (broad SMARTS) is 1. The Morgan fingerprint density at radius 3 is 2.39 bits per heavy atom. The highest BCUT2D eigenvalue weighted by molar-refractivity contribution is 5.90. The summed E-state index contributed by atoms with van der Waals surface area (Å²) in [5.41, 5.74) is 6.17. The van der Waals surface area contributed by atoms with E-state index >= 15 is 0 Å². The minimum Gasteiger partial charge on any atom is -0.478 e. The summed E-state index contributed by atoms with van der Waals surface area (Å²) in [4.78, 5) is 36.4. The molecule has 0 radical (unpaired) electrons. The zero-order valence-corrected chi connectivity index (χ0v) is 13.1. The first-order chi connectivity index (χ1) is 11.0. The zero-order chi connectivity index (χ0) is 16.8. The standard InChI is InChI=1S/C16H24N2O5/c17-15(16(22)18-9-3-4-10-18)11-5-1-2-6-12(11)23-14(21)8-7-13(19)20/h7-8,11-12,15H,1-6,9-10,17H2,(H,19,20)/t11-,12-,15+/m1/s1. The molecular formula is C16H24N2O5. The molecule has 1 aliphatic carbocycles. The highest BCUT2D eigenvalue weighted by atomic mass is 16.5. The van der Waals surface area contributed by atoms with Crippen LogP contribution in [0.2, 0.25) is 0 Å². The van der Waals surface area contributed by atoms with E-state index in [1.165, 1.54) is 0 Å². The molecule has 3 N–H and O–H groups in total. The summed E-state index contributed by atoms with van der Waals surface area (Å²) in [7, 11) is 0. The molecule has 0 aromatic rings. The van der Waals surface area contributed by atoms with Gasteiger partial charge in [0.25, 0.3) is 0 Å². The van der Waals surface area contributed by atoms with Gasteiger partial charge in [-0.25, -0.2) is 9.59 Å². The highest BCUT2D eigenvalue weighted by Crippen LogP contribution is 2.30. The Hall–Kier alpha value is -1.89. The Balaban J connectivity index is 1.98. The molecule has 0 bridgehead atoms. The number of hydrogen-bond donors (Lipinski definition) is 2. The second-order valence-electron chi connectivity index (χ2n) is 6.15. The summed E-state index contributed by atoms with van der Waals surface area (Å²) in [6, 6.07) is -0.672. The lowest BCUT2D eigenvalue weighted by Crippen LogP contribution is -2.51. The number of ether oxygens (including phenoxy) is 1. The van der Waals surface area contributed by atoms with Crippen molar-refractivity contribution in [3.05, 3.63) is 12.2 Å². The molecule has 1 heterocycles. The van der Waals surface area contributed by atoms with Crippen LogP contribution in [0.5, 0.6) is 0 Å². The summed E-state index contributed by atoms with van der Waals surface area (Å²) in [5.74, 6) is -2.19. The normalized spacial score (nSPS) is 26.2. The average Bonchev–Trinajstić information content (AvgIpc) is 3.06. The van der Waals surface area contributed by atoms with E-state index in [0.29, 0.717) is 6.42 Å². The number of carbonyl (C=O) groups excluding carboxylic acids is 2. The van der Waals surface area contributed by atoms with E-state index in [1.807, 2.05) is 0 Å². The van der Waals surface area contributed by atoms with Crippen LogP contribution in [0.1, 0.15) is 38.5 Å². The van der Waals surface area contributed by atoms with E-state index in [0.717, 1.165) is 57.3 Å². The minimum atomic E-state index is -1.21. The van der Waals surface area contributed by atoms with Gasteiger partial charge in [-0.1, -0.05) is 6.42 Å². The van der Waals surface area contributed by atoms with Crippen molar-refractivity contribution in [1.82, 2.24) is 4.90 Å². The second kappa shape index (κ2) is 8.10. The van der Waals surface area contributed by atoms with Crippen LogP contribution in [0.3, 0.4) is 0 Å². The van der Waals surface area contributed by atoms with E-state index in [-0.39, 0.29) is 11.8 Å². The molecule has 0 aromatic carbocycles. The van der Waals surface area contributed by atoms with Crippen LogP contribution >= 0.6 is 0 Å². The molecule has 1 saturated heterocycles. The summed E-state index contributed by atoms with van der Waals surface area (Å²) in [5, 5.41) is 8.54. The predicted octanol–water partition coefficient (Wildman–Crippen LogP) is 0.679. The molecule has 7 nitrogen and oxygen atoms in total. The van der Waals surface area contributed by atoms with Gasteiger partial charge in [0.1, 0.15) is 6.10 Å². The number of carboxylic acids is 1. The molecule has 7 heteroatoms. The number of carbonyl (C=O) groups is 3. The van der Waals surface area contributed by atoms with Gasteiger partial charge in [-0.05, 0) is 32.1 Å². The molecule has 3 atom stereocenters. The number of nitrogens with zero attached hydrogens (tertiary/aromatic N) is 1. The van der Waals surface area contributed by atoms with Crippen molar-refractivity contribution in [3.8, 4) is 0 Å². The van der Waals surface area contributed by atoms with Crippen molar-refractivity contribution in [3.63, 3.8) is 0 Å². The van der Waals surface area contributed by atoms with Crippen LogP contribution in [0.25, 0.3) is 0 Å². The van der Waals surface area contributed by atoms with Gasteiger partial charge in [0.2, 0.25) is 5.91 Å². The molecule has 2 aliphatic rings. The van der Waals surface area contributed by atoms with E-state index in [9.17, 15) is 14.4 Å². The van der Waals surface area contributed by atoms with E-state index in [4.69, 9.17) is 15.6 Å². The van der Waals surface area contributed by atoms with Crippen molar-refractivity contribution < 1.29 is 24.2 Å². The molecule has 128 valence electrons. The average molecular weight is 324 g/mol. The van der Waals surface area contributed by atoms with Gasteiger partial charge in [-0.15, -0.1) is 0 Å². The SMILES string of the molecule is N[C@H](C(=O)N1CCCC1)[C@@H]1CCCC[C@H]1OC(=O)C=CC(=O)O. The van der Waals surface area contributed by atoms with Crippen LogP contribution in [0.4, 0.5) is 0 Å². The Kier molecular flexibility index (Phi) is 6.15. The topological polar surface area (TPSA) is 110 Å². The van der Waals surface area contributed by atoms with E-state index in [2.05, 4.69) is 0 Å². The maximum absolute atomic E-state index is 12.5. The molecule has 1 aliphatic heterocycles. The second-order valence-corrected chi connectivity index (χ2v) is 6.15. The monoisotopic (exact) mass is 324 g/mol. The number of amides is 1. The molecule has 2 fully saturated rings. The largest absolute Gasteiger partial charge is 0.478 e. The van der Waals surface area contributed by atoms with Gasteiger partial charge in [-0.2, -0.15) is 0 Å². The Labute approximate surface area is 135 Å². The number of hydrogen-bond acceptors (Lipinski definition) is 5. The van der Waals surface area contributed by atoms with Crippen LogP contribution in [0.15, 0.2) is 12.2 Å². The molecular weight excluding hydrogens is 300 g/mol. The molecule has 0 unspecified atom stereocenters. The van der Waals surface area contributed by atoms with E-state index in [1.54, 1.807) is 4.90 Å². The fraction of sp³-hybridized carbons (Fsp3) is 0.688. The molecule has 0 spiro atoms. The van der Waals surface area contributed by atoms with Gasteiger partial charge >= 0.3 is 11.9 Å². The maximum atomic E-state index is 12.5. The van der Waals surface area contributed by atoms with Crippen molar-refractivity contribution in [2.24, 2.45) is 11.7 Å². The first-order valence-electron chi connectivity index (χ1n) is 8.15. The first-order valence-corrected chi connectivity index (χ1v) is 8.15. The van der Waals surface area contributed by atoms with Gasteiger partial charge in [0.05, 0.1) is 6.04 Å². The van der Waals surface area contributed by atoms with Crippen molar-refractivity contribution in [2.75, 3.05) is 13.1 Å². The lowest BCUT2D eigenvalue weighted by Gasteiger charge is -2.35. The third kappa shape index (κ3) is 4.79. The fourth-order valence-electron chi connectivity index (χ4n) is 3.34. The number of aliphatic carboxylic acids is 1. The zero-order valence-electron chi connectivity index (χ0n) is 13.1. The van der Waals surface area contributed by atoms with Gasteiger partial charge < -0.3 is 20.5 Å². The van der Waals surface area contributed by atoms with Crippen LogP contribution in [-0.2, 0) is 19.1 Å². The third-order valence-electron chi connectivity index (χ3n) is 4.55. The lowest BCUT2D eigenvalue weighted by molar-refractivity contribution is -0.151. The summed E-state index contributed by atoms with van der Waals surface area (Å²) in [6.07, 6.45) is 6.45. The van der Waals surface area contributed by atoms with Gasteiger partial charge in [-0.3, -0.25) is 4.79 Å². The molecule has 23 heavy (non-hydrogen) atoms. The van der Waals surface area contributed by atoms with Crippen molar-refractivity contribution >= 4 is 17.8 Å². The molecule has 2 rings (SSSR count). The van der Waals surface area contributed by atoms with Crippen LogP contribution in [-0.4, -0.2) is 53.1 Å². The first kappa shape index (κ1) is 17.5. The maximum Gasteiger partial charge on any atom is 0.331 e. The number of nitrogens with two attached hydrogens (primary N) is 1. The van der Waals surface area contributed by atoms with Crippen molar-refractivity contribution in [1.29, 1.82) is 0 Å². The summed E-state index contributed by atoms with van der Waals surface area (Å²) < 4.78 is 5.35. The fourth-order valence-corrected chi connectivity index (χ4v) is 3.34. The lowest BCUT2D eigenvalue weighted by atomic mass is 9.81. The number of esters is 1. The quantitative estimate of drug-likeness (QED) is 0.568. The predicted molar refractivity (Wildman–Crippen MR) is 82.4 cm³/mol. The van der Waals surface area contributed by atoms with Crippen molar-refractivity contribution in [2.45, 2.75) is 50.7 Å². The third-order valence-corrected chi connectivity index (χ3v) is 4.55. The van der Waals surface area contributed by atoms with Crippen LogP contribution in [0, 0.1) is 5.92 Å². The van der Waals surface area contributed by atoms with Crippen LogP contribution < -0.4 is 5.73 Å². The molecule has 1 amide bonds. The molecule has 0 aromatic heterocycles. The smallest absolute Gasteiger partial charge is 0.331 e. The summed E-state index contributed by atoms with van der Waals surface area (Å²) >= 11 is 0. The Morgan fingerprint density at radius 1 is 1.09 bits per heavy atom. The molecule has 1 saturated carbocycles. The number of rotatable bonds is 5.